The number of carbonyl (C=O) groups excluding carboxylic acids is 1. The molecule has 7 nitrogen and oxygen atoms in total. The summed E-state index contributed by atoms with van der Waals surface area (Å²) in [6, 6.07) is 5.93. The molecule has 0 saturated heterocycles. The van der Waals surface area contributed by atoms with E-state index in [1.807, 2.05) is 30.6 Å². The van der Waals surface area contributed by atoms with Crippen LogP contribution in [-0.2, 0) is 17.6 Å². The van der Waals surface area contributed by atoms with Gasteiger partial charge in [0.15, 0.2) is 5.76 Å². The number of allylic oxidation sites excluding steroid dienone is 1. The summed E-state index contributed by atoms with van der Waals surface area (Å²) in [4.78, 5) is 14.0. The van der Waals surface area contributed by atoms with Crippen molar-refractivity contribution in [2.45, 2.75) is 77.7 Å². The molecule has 3 aromatic rings. The van der Waals surface area contributed by atoms with Crippen LogP contribution in [0.25, 0.3) is 17.0 Å². The molecule has 1 amide bonds. The fourth-order valence-corrected chi connectivity index (χ4v) is 9.00. The smallest absolute Gasteiger partial charge is 0.216 e. The molecule has 1 aromatic carbocycles. The minimum Gasteiger partial charge on any atom is -0.497 e. The Bertz CT molecular complexity index is 1560. The molecule has 4 aliphatic rings. The van der Waals surface area contributed by atoms with E-state index in [0.717, 1.165) is 67.4 Å². The number of aliphatic hydroxyl groups is 1. The Morgan fingerprint density at radius 1 is 1.26 bits per heavy atom. The number of amides is 1. The van der Waals surface area contributed by atoms with Crippen LogP contribution in [-0.4, -0.2) is 40.4 Å². The van der Waals surface area contributed by atoms with Gasteiger partial charge in [-0.15, -0.1) is 6.42 Å². The molecule has 6 atom stereocenters. The summed E-state index contributed by atoms with van der Waals surface area (Å²) in [6.07, 6.45) is 20.2. The van der Waals surface area contributed by atoms with Gasteiger partial charge in [0, 0.05) is 41.5 Å². The van der Waals surface area contributed by atoms with Crippen molar-refractivity contribution < 1.29 is 19.2 Å². The molecule has 0 aliphatic heterocycles. The summed E-state index contributed by atoms with van der Waals surface area (Å²) in [5.74, 6) is 6.48. The first-order chi connectivity index (χ1) is 20.1. The molecular weight excluding hydrogens is 526 g/mol. The Kier molecular flexibility index (Phi) is 7.25. The van der Waals surface area contributed by atoms with Gasteiger partial charge in [-0.1, -0.05) is 30.5 Å². The summed E-state index contributed by atoms with van der Waals surface area (Å²) in [5.41, 5.74) is 4.26. The number of nitrogens with zero attached hydrogens (tertiary/aromatic N) is 1. The summed E-state index contributed by atoms with van der Waals surface area (Å²) < 4.78 is 10.6. The van der Waals surface area contributed by atoms with Gasteiger partial charge in [0.1, 0.15) is 11.4 Å². The number of rotatable bonds is 4. The molecule has 3 fully saturated rings. The number of terminal acetylenes is 1. The zero-order valence-electron chi connectivity index (χ0n) is 25.3. The largest absolute Gasteiger partial charge is 0.497 e. The highest BCUT2D eigenvalue weighted by atomic mass is 16.5. The van der Waals surface area contributed by atoms with Crippen molar-refractivity contribution in [2.24, 2.45) is 28.6 Å². The molecule has 222 valence electrons. The number of hydrogen-bond donors (Lipinski definition) is 3. The number of ether oxygens (including phenoxy) is 1. The second-order valence-electron chi connectivity index (χ2n) is 13.4. The van der Waals surface area contributed by atoms with E-state index in [-0.39, 0.29) is 16.7 Å². The first-order valence-corrected chi connectivity index (χ1v) is 15.3. The van der Waals surface area contributed by atoms with E-state index in [0.29, 0.717) is 24.3 Å². The van der Waals surface area contributed by atoms with E-state index in [1.54, 1.807) is 12.7 Å². The van der Waals surface area contributed by atoms with E-state index >= 15 is 0 Å². The Labute approximate surface area is 248 Å². The van der Waals surface area contributed by atoms with Crippen LogP contribution in [0.2, 0.25) is 0 Å². The third-order valence-corrected chi connectivity index (χ3v) is 11.4. The Morgan fingerprint density at radius 2 is 2.07 bits per heavy atom. The SMILES string of the molecule is C#C[C@]1(O)CC[C@H]2[C@@H]3CCC4=Cc5oncc5C[C@]4(C)[C@H]3CC[C@@]21C.COc1ccc2[nH]cc(CCNC(C)=O)c2c1. The van der Waals surface area contributed by atoms with Gasteiger partial charge in [-0.05, 0) is 104 Å². The lowest BCUT2D eigenvalue weighted by molar-refractivity contribution is -0.118. The maximum absolute atomic E-state index is 11.1. The van der Waals surface area contributed by atoms with Crippen molar-refractivity contribution in [1.29, 1.82) is 0 Å². The van der Waals surface area contributed by atoms with Crippen LogP contribution in [0.5, 0.6) is 5.75 Å². The number of carbonyl (C=O) groups is 1. The number of aromatic nitrogens is 2. The zero-order valence-corrected chi connectivity index (χ0v) is 25.3. The van der Waals surface area contributed by atoms with Crippen molar-refractivity contribution in [1.82, 2.24) is 15.5 Å². The quantitative estimate of drug-likeness (QED) is 0.331. The lowest BCUT2D eigenvalue weighted by Crippen LogP contribution is -2.54. The van der Waals surface area contributed by atoms with Crippen molar-refractivity contribution in [3.05, 3.63) is 53.1 Å². The number of methoxy groups -OCH3 is 1. The van der Waals surface area contributed by atoms with Gasteiger partial charge < -0.3 is 24.7 Å². The Balaban J connectivity index is 0.000000163. The van der Waals surface area contributed by atoms with Crippen LogP contribution in [0.1, 0.15) is 76.2 Å². The normalized spacial score (nSPS) is 32.7. The van der Waals surface area contributed by atoms with E-state index in [2.05, 4.69) is 41.3 Å². The monoisotopic (exact) mass is 569 g/mol. The van der Waals surface area contributed by atoms with E-state index in [4.69, 9.17) is 15.7 Å². The molecule has 0 spiro atoms. The lowest BCUT2D eigenvalue weighted by Gasteiger charge is -2.58. The van der Waals surface area contributed by atoms with Crippen LogP contribution in [0.15, 0.2) is 40.7 Å². The van der Waals surface area contributed by atoms with Gasteiger partial charge in [-0.25, -0.2) is 0 Å². The van der Waals surface area contributed by atoms with E-state index < -0.39 is 5.60 Å². The molecule has 7 rings (SSSR count). The maximum atomic E-state index is 11.1. The number of benzene rings is 1. The summed E-state index contributed by atoms with van der Waals surface area (Å²) >= 11 is 0. The maximum Gasteiger partial charge on any atom is 0.216 e. The summed E-state index contributed by atoms with van der Waals surface area (Å²) in [7, 11) is 1.66. The molecule has 0 bridgehead atoms. The van der Waals surface area contributed by atoms with Crippen LogP contribution < -0.4 is 10.1 Å². The van der Waals surface area contributed by atoms with Crippen molar-refractivity contribution in [3.63, 3.8) is 0 Å². The lowest BCUT2D eigenvalue weighted by atomic mass is 9.46. The standard InChI is InChI=1S/C22H27NO2.C13H16N2O2/c1-4-22(24)10-8-18-16-6-5-15-11-19-14(13-23-25-19)12-20(15,2)17(16)7-9-21(18,22)3;1-9(16)14-6-5-10-8-15-13-4-3-11(17-2)7-12(10)13/h1,11,13,16-18,24H,5-10,12H2,2-3H3;3-4,7-8,15H,5-6H2,1-2H3,(H,14,16)/t16-,17+,18+,20+,21+,22+;/m1./s1. The van der Waals surface area contributed by atoms with Gasteiger partial charge in [0.2, 0.25) is 5.91 Å². The molecule has 0 radical (unpaired) electrons. The van der Waals surface area contributed by atoms with Crippen molar-refractivity contribution >= 4 is 22.9 Å². The van der Waals surface area contributed by atoms with Gasteiger partial charge in [-0.3, -0.25) is 4.79 Å². The molecule has 0 unspecified atom stereocenters. The van der Waals surface area contributed by atoms with Crippen LogP contribution in [0.3, 0.4) is 0 Å². The molecule has 3 N–H and O–H groups in total. The predicted octanol–water partition coefficient (Wildman–Crippen LogP) is 6.08. The summed E-state index contributed by atoms with van der Waals surface area (Å²) in [6.45, 7) is 6.89. The third kappa shape index (κ3) is 4.55. The van der Waals surface area contributed by atoms with E-state index in [1.165, 1.54) is 24.5 Å². The van der Waals surface area contributed by atoms with Gasteiger partial charge in [-0.2, -0.15) is 0 Å². The third-order valence-electron chi connectivity index (χ3n) is 11.4. The van der Waals surface area contributed by atoms with E-state index in [9.17, 15) is 9.90 Å². The number of H-pyrrole nitrogens is 1. The first kappa shape index (κ1) is 28.6. The predicted molar refractivity (Wildman–Crippen MR) is 164 cm³/mol. The highest BCUT2D eigenvalue weighted by Crippen LogP contribution is 2.67. The molecule has 4 aliphatic carbocycles. The molecule has 3 saturated carbocycles. The number of aromatic amines is 1. The van der Waals surface area contributed by atoms with Crippen molar-refractivity contribution in [3.8, 4) is 18.1 Å². The molecule has 7 heteroatoms. The molecular formula is C35H43N3O4. The van der Waals surface area contributed by atoms with Crippen LogP contribution in [0.4, 0.5) is 0 Å². The average Bonchev–Trinajstić information content (AvgIpc) is 3.67. The number of nitrogens with one attached hydrogen (secondary N) is 2. The van der Waals surface area contributed by atoms with Crippen molar-refractivity contribution in [2.75, 3.05) is 13.7 Å². The fourth-order valence-electron chi connectivity index (χ4n) is 9.00. The van der Waals surface area contributed by atoms with Gasteiger partial charge in [0.25, 0.3) is 0 Å². The Hall–Kier alpha value is -3.50. The second-order valence-corrected chi connectivity index (χ2v) is 13.4. The average molecular weight is 570 g/mol. The zero-order chi connectivity index (χ0) is 29.7. The molecule has 2 aromatic heterocycles. The minimum atomic E-state index is -0.909. The number of fused-ring (bicyclic) bond motifs is 7. The second kappa shape index (κ2) is 10.6. The molecule has 2 heterocycles. The summed E-state index contributed by atoms with van der Waals surface area (Å²) in [5, 5.41) is 19.0. The highest BCUT2D eigenvalue weighted by Gasteiger charge is 2.63. The van der Waals surface area contributed by atoms with Gasteiger partial charge in [0.05, 0.1) is 13.3 Å². The van der Waals surface area contributed by atoms with Gasteiger partial charge >= 0.3 is 0 Å². The number of hydrogen-bond acceptors (Lipinski definition) is 5. The van der Waals surface area contributed by atoms with Crippen LogP contribution >= 0.6 is 0 Å². The fraction of sp³-hybridized carbons (Fsp3) is 0.543. The minimum absolute atomic E-state index is 0.00224. The Morgan fingerprint density at radius 3 is 2.83 bits per heavy atom. The topological polar surface area (TPSA) is 100 Å². The first-order valence-electron chi connectivity index (χ1n) is 15.3. The van der Waals surface area contributed by atoms with Crippen LogP contribution in [0, 0.1) is 40.9 Å². The highest BCUT2D eigenvalue weighted by molar-refractivity contribution is 5.84. The molecule has 42 heavy (non-hydrogen) atoms.